The molecule has 0 fully saturated rings. The molecular weight excluding hydrogens is 450 g/mol. The first-order chi connectivity index (χ1) is 17.3. The molecular formula is C29H17N5S. The second-order valence-corrected chi connectivity index (χ2v) is 9.20. The third-order valence-electron chi connectivity index (χ3n) is 6.04. The quantitative estimate of drug-likeness (QED) is 0.257. The first-order valence-corrected chi connectivity index (χ1v) is 12.1. The smallest absolute Gasteiger partial charge is 0.160 e. The fraction of sp³-hybridized carbons (Fsp3) is 0. The molecule has 4 aromatic heterocycles. The Bertz CT molecular complexity index is 1830. The molecule has 0 N–H and O–H groups in total. The van der Waals surface area contributed by atoms with Crippen LogP contribution < -0.4 is 0 Å². The normalized spacial score (nSPS) is 11.4. The Labute approximate surface area is 204 Å². The highest BCUT2D eigenvalue weighted by molar-refractivity contribution is 7.21. The number of hydrogen-bond donors (Lipinski definition) is 0. The number of hydrogen-bond acceptors (Lipinski definition) is 6. The third-order valence-corrected chi connectivity index (χ3v) is 7.04. The molecule has 4 heterocycles. The van der Waals surface area contributed by atoms with Crippen LogP contribution in [0.4, 0.5) is 0 Å². The van der Waals surface area contributed by atoms with Crippen molar-refractivity contribution in [3.63, 3.8) is 0 Å². The van der Waals surface area contributed by atoms with Gasteiger partial charge in [-0.1, -0.05) is 72.0 Å². The molecule has 7 aromatic rings. The monoisotopic (exact) mass is 467 g/mol. The van der Waals surface area contributed by atoms with Crippen molar-refractivity contribution in [2.45, 2.75) is 0 Å². The lowest BCUT2D eigenvalue weighted by atomic mass is 10.0. The summed E-state index contributed by atoms with van der Waals surface area (Å²) in [4.78, 5) is 24.8. The number of thiazole rings is 1. The van der Waals surface area contributed by atoms with Gasteiger partial charge in [0.1, 0.15) is 15.4 Å². The molecule has 0 aliphatic carbocycles. The number of benzene rings is 3. The SMILES string of the molecule is c1ccc(-c2nc(-c3ccnc(-c4nc5cccnc5s4)c3)nc3c2ccc2ccccc23)cc1. The Morgan fingerprint density at radius 1 is 0.600 bits per heavy atom. The van der Waals surface area contributed by atoms with Crippen molar-refractivity contribution in [3.05, 3.63) is 103 Å². The Kier molecular flexibility index (Phi) is 4.57. The van der Waals surface area contributed by atoms with Gasteiger partial charge in [-0.15, -0.1) is 0 Å². The molecule has 3 aromatic carbocycles. The van der Waals surface area contributed by atoms with E-state index in [1.54, 1.807) is 12.4 Å². The number of nitrogens with zero attached hydrogens (tertiary/aromatic N) is 5. The van der Waals surface area contributed by atoms with Crippen molar-refractivity contribution in [3.8, 4) is 33.3 Å². The molecule has 6 heteroatoms. The molecule has 0 amide bonds. The van der Waals surface area contributed by atoms with Crippen LogP contribution in [0, 0.1) is 0 Å². The summed E-state index contributed by atoms with van der Waals surface area (Å²) in [6, 6.07) is 30.7. The summed E-state index contributed by atoms with van der Waals surface area (Å²) < 4.78 is 0. The Morgan fingerprint density at radius 3 is 2.40 bits per heavy atom. The van der Waals surface area contributed by atoms with Crippen LogP contribution in [0.25, 0.3) is 65.4 Å². The van der Waals surface area contributed by atoms with Gasteiger partial charge in [-0.3, -0.25) is 4.98 Å². The van der Waals surface area contributed by atoms with Crippen molar-refractivity contribution in [1.82, 2.24) is 24.9 Å². The van der Waals surface area contributed by atoms with Crippen molar-refractivity contribution < 1.29 is 0 Å². The van der Waals surface area contributed by atoms with Crippen molar-refractivity contribution in [2.75, 3.05) is 0 Å². The first kappa shape index (κ1) is 19.9. The van der Waals surface area contributed by atoms with E-state index < -0.39 is 0 Å². The summed E-state index contributed by atoms with van der Waals surface area (Å²) in [5.41, 5.74) is 5.47. The largest absolute Gasteiger partial charge is 0.254 e. The summed E-state index contributed by atoms with van der Waals surface area (Å²) in [7, 11) is 0. The molecule has 5 nitrogen and oxygen atoms in total. The zero-order chi connectivity index (χ0) is 23.2. The van der Waals surface area contributed by atoms with Gasteiger partial charge in [-0.25, -0.2) is 19.9 Å². The number of rotatable bonds is 3. The molecule has 164 valence electrons. The standard InChI is InChI=1S/C29H17N5S/c1-2-8-19(9-3-1)25-22-13-12-18-7-4-5-10-21(18)26(22)34-27(33-25)20-14-16-30-24(17-20)29-32-23-11-6-15-31-28(23)35-29/h1-17H. The molecule has 0 bridgehead atoms. The zero-order valence-corrected chi connectivity index (χ0v) is 19.3. The van der Waals surface area contributed by atoms with E-state index in [1.807, 2.05) is 42.5 Å². The summed E-state index contributed by atoms with van der Waals surface area (Å²) >= 11 is 1.53. The van der Waals surface area contributed by atoms with Crippen LogP contribution in [0.15, 0.2) is 103 Å². The molecule has 35 heavy (non-hydrogen) atoms. The topological polar surface area (TPSA) is 64.5 Å². The van der Waals surface area contributed by atoms with E-state index >= 15 is 0 Å². The van der Waals surface area contributed by atoms with Crippen molar-refractivity contribution in [1.29, 1.82) is 0 Å². The minimum Gasteiger partial charge on any atom is -0.254 e. The lowest BCUT2D eigenvalue weighted by Crippen LogP contribution is -1.96. The van der Waals surface area contributed by atoms with Crippen LogP contribution in [0.5, 0.6) is 0 Å². The highest BCUT2D eigenvalue weighted by atomic mass is 32.1. The van der Waals surface area contributed by atoms with Crippen LogP contribution >= 0.6 is 11.3 Å². The number of aromatic nitrogens is 5. The molecule has 0 saturated carbocycles. The van der Waals surface area contributed by atoms with Crippen LogP contribution in [0.1, 0.15) is 0 Å². The third kappa shape index (κ3) is 3.43. The lowest BCUT2D eigenvalue weighted by molar-refractivity contribution is 1.22. The summed E-state index contributed by atoms with van der Waals surface area (Å²) in [6.07, 6.45) is 3.58. The van der Waals surface area contributed by atoms with Crippen LogP contribution in [-0.2, 0) is 0 Å². The maximum Gasteiger partial charge on any atom is 0.160 e. The second-order valence-electron chi connectivity index (χ2n) is 8.22. The minimum atomic E-state index is 0.663. The Morgan fingerprint density at radius 2 is 1.49 bits per heavy atom. The van der Waals surface area contributed by atoms with Gasteiger partial charge in [0.15, 0.2) is 5.82 Å². The number of pyridine rings is 2. The van der Waals surface area contributed by atoms with Gasteiger partial charge in [0.25, 0.3) is 0 Å². The highest BCUT2D eigenvalue weighted by Crippen LogP contribution is 2.34. The van der Waals surface area contributed by atoms with Gasteiger partial charge < -0.3 is 0 Å². The van der Waals surface area contributed by atoms with Gasteiger partial charge >= 0.3 is 0 Å². The average Bonchev–Trinajstić information content (AvgIpc) is 3.37. The van der Waals surface area contributed by atoms with Crippen molar-refractivity contribution in [2.24, 2.45) is 0 Å². The van der Waals surface area contributed by atoms with E-state index in [0.717, 1.165) is 59.5 Å². The zero-order valence-electron chi connectivity index (χ0n) is 18.5. The summed E-state index contributed by atoms with van der Waals surface area (Å²) in [6.45, 7) is 0. The van der Waals surface area contributed by atoms with E-state index in [-0.39, 0.29) is 0 Å². The Balaban J connectivity index is 1.47. The fourth-order valence-corrected chi connectivity index (χ4v) is 5.25. The predicted octanol–water partition coefficient (Wildman–Crippen LogP) is 7.18. The second kappa shape index (κ2) is 8.04. The lowest BCUT2D eigenvalue weighted by Gasteiger charge is -2.11. The van der Waals surface area contributed by atoms with Gasteiger partial charge in [0.2, 0.25) is 0 Å². The summed E-state index contributed by atoms with van der Waals surface area (Å²) in [5, 5.41) is 4.12. The minimum absolute atomic E-state index is 0.663. The van der Waals surface area contributed by atoms with E-state index in [0.29, 0.717) is 5.82 Å². The first-order valence-electron chi connectivity index (χ1n) is 11.3. The van der Waals surface area contributed by atoms with E-state index in [1.165, 1.54) is 11.3 Å². The maximum atomic E-state index is 5.07. The molecule has 0 unspecified atom stereocenters. The van der Waals surface area contributed by atoms with Crippen LogP contribution in [-0.4, -0.2) is 24.9 Å². The van der Waals surface area contributed by atoms with Gasteiger partial charge in [-0.05, 0) is 35.7 Å². The molecule has 0 atom stereocenters. The number of fused-ring (bicyclic) bond motifs is 4. The maximum absolute atomic E-state index is 5.07. The van der Waals surface area contributed by atoms with E-state index in [2.05, 4.69) is 58.5 Å². The highest BCUT2D eigenvalue weighted by Gasteiger charge is 2.15. The predicted molar refractivity (Wildman–Crippen MR) is 142 cm³/mol. The van der Waals surface area contributed by atoms with Gasteiger partial charge in [0.05, 0.1) is 16.9 Å². The van der Waals surface area contributed by atoms with Gasteiger partial charge in [0, 0.05) is 34.3 Å². The van der Waals surface area contributed by atoms with E-state index in [9.17, 15) is 0 Å². The molecule has 0 saturated heterocycles. The molecule has 0 radical (unpaired) electrons. The fourth-order valence-electron chi connectivity index (χ4n) is 4.37. The van der Waals surface area contributed by atoms with Crippen molar-refractivity contribution >= 4 is 43.4 Å². The van der Waals surface area contributed by atoms with Gasteiger partial charge in [-0.2, -0.15) is 0 Å². The van der Waals surface area contributed by atoms with Crippen LogP contribution in [0.2, 0.25) is 0 Å². The Hall–Kier alpha value is -4.55. The summed E-state index contributed by atoms with van der Waals surface area (Å²) in [5.74, 6) is 0.663. The molecule has 0 aliphatic heterocycles. The molecule has 7 rings (SSSR count). The average molecular weight is 468 g/mol. The van der Waals surface area contributed by atoms with Crippen LogP contribution in [0.3, 0.4) is 0 Å². The molecule has 0 aliphatic rings. The molecule has 0 spiro atoms. The van der Waals surface area contributed by atoms with E-state index in [4.69, 9.17) is 15.0 Å².